The number of nitrogens with two attached hydrogens (primary N) is 2. The number of nitrogens with zero attached hydrogens (tertiary/aromatic N) is 1. The molecule has 12 N–H and O–H groups in total. The van der Waals surface area contributed by atoms with Crippen LogP contribution in [0.1, 0.15) is 200 Å². The van der Waals surface area contributed by atoms with Gasteiger partial charge in [-0.15, -0.1) is 0 Å². The highest BCUT2D eigenvalue weighted by Crippen LogP contribution is 2.73. The molecule has 3 heterocycles. The molecule has 15 atom stereocenters. The van der Waals surface area contributed by atoms with Gasteiger partial charge >= 0.3 is 0 Å². The maximum atomic E-state index is 12.0. The molecule has 1 aromatic carbocycles. The van der Waals surface area contributed by atoms with Gasteiger partial charge in [0.15, 0.2) is 17.5 Å². The minimum absolute atomic E-state index is 0.0265. The van der Waals surface area contributed by atoms with Crippen LogP contribution in [0.2, 0.25) is 0 Å². The van der Waals surface area contributed by atoms with E-state index in [4.69, 9.17) is 25.6 Å². The van der Waals surface area contributed by atoms with Crippen molar-refractivity contribution in [1.82, 2.24) is 15.6 Å². The van der Waals surface area contributed by atoms with Gasteiger partial charge in [0, 0.05) is 89.8 Å². The number of benzene rings is 1. The molecule has 2 spiro atoms. The van der Waals surface area contributed by atoms with Crippen molar-refractivity contribution in [2.75, 3.05) is 31.3 Å². The number of hydrogen-bond donors (Lipinski definition) is 10. The molecule has 5 saturated carbocycles. The topological polar surface area (TPSA) is 228 Å². The van der Waals surface area contributed by atoms with Gasteiger partial charge in [-0.1, -0.05) is 85.3 Å². The van der Waals surface area contributed by atoms with Crippen LogP contribution in [0.5, 0.6) is 11.5 Å². The molecule has 8 aliphatic carbocycles. The lowest BCUT2D eigenvalue weighted by molar-refractivity contribution is 0.0338. The number of aromatic hydroxyl groups is 1. The van der Waals surface area contributed by atoms with E-state index < -0.39 is 12.2 Å². The van der Waals surface area contributed by atoms with Crippen molar-refractivity contribution in [1.29, 1.82) is 0 Å². The maximum absolute atomic E-state index is 12.0. The highest BCUT2D eigenvalue weighted by atomic mass is 33.1. The van der Waals surface area contributed by atoms with Crippen molar-refractivity contribution >= 4 is 27.5 Å². The number of rotatable bonds is 20. The van der Waals surface area contributed by atoms with Crippen molar-refractivity contribution in [3.63, 3.8) is 0 Å². The number of aromatic nitrogens is 1. The van der Waals surface area contributed by atoms with Gasteiger partial charge in [-0.3, -0.25) is 0 Å². The molecule has 0 amide bonds. The molecule has 6 bridgehead atoms. The van der Waals surface area contributed by atoms with Crippen LogP contribution in [0.3, 0.4) is 0 Å². The summed E-state index contributed by atoms with van der Waals surface area (Å²) >= 11 is 0. The number of guanidine groups is 1. The molecule has 6 fully saturated rings. The fourth-order valence-electron chi connectivity index (χ4n) is 18.1. The Labute approximate surface area is 485 Å². The zero-order valence-corrected chi connectivity index (χ0v) is 49.8. The Morgan fingerprint density at radius 1 is 0.912 bits per heavy atom. The fourth-order valence-corrected chi connectivity index (χ4v) is 21.0. The number of aliphatic imine (C=N–C) groups is 1. The van der Waals surface area contributed by atoms with Crippen molar-refractivity contribution in [2.45, 2.75) is 216 Å². The van der Waals surface area contributed by atoms with Gasteiger partial charge in [0.05, 0.1) is 18.8 Å². The quantitative estimate of drug-likeness (QED) is 0.0220. The predicted octanol–water partition coefficient (Wildman–Crippen LogP) is 10.9. The molecular weight excluding hydrogens is 1040 g/mol. The summed E-state index contributed by atoms with van der Waals surface area (Å²) in [7, 11) is 3.99. The first-order valence-electron chi connectivity index (χ1n) is 31.7. The largest absolute Gasteiger partial charge is 0.504 e. The summed E-state index contributed by atoms with van der Waals surface area (Å²) in [6.45, 7) is 4.74. The van der Waals surface area contributed by atoms with Crippen LogP contribution in [-0.2, 0) is 25.9 Å². The second kappa shape index (κ2) is 26.0. The lowest BCUT2D eigenvalue weighted by atomic mass is 9.51. The second-order valence-electron chi connectivity index (χ2n) is 26.8. The smallest absolute Gasteiger partial charge is 0.189 e. The van der Waals surface area contributed by atoms with Crippen LogP contribution in [0.4, 0.5) is 0 Å². The summed E-state index contributed by atoms with van der Waals surface area (Å²) in [4.78, 5) is 8.94. The van der Waals surface area contributed by atoms with Crippen LogP contribution >= 0.6 is 21.6 Å². The number of aromatic amines is 1. The molecule has 13 nitrogen and oxygen atoms in total. The Bertz CT molecular complexity index is 2570. The first kappa shape index (κ1) is 58.6. The monoisotopic (exact) mass is 1140 g/mol. The van der Waals surface area contributed by atoms with Gasteiger partial charge in [-0.2, -0.15) is 0 Å². The third kappa shape index (κ3) is 12.3. The summed E-state index contributed by atoms with van der Waals surface area (Å²) in [5.74, 6) is 9.37. The maximum Gasteiger partial charge on any atom is 0.189 e. The third-order valence-corrected chi connectivity index (χ3v) is 24.5. The number of phenolic OH excluding ortho intramolecular Hbond substituents is 1. The molecule has 2 aromatic heterocycles. The lowest BCUT2D eigenvalue weighted by Crippen LogP contribution is -2.50. The standard InChI is InChI=1S/C65H98N6O7S2/c1-39-13-19-47-43-29-41(15-20-48(47)50(52(66)32-43)37-79-80-38-55(39)71-63(67)69-45-9-3-4-10-45)17-22-58-44(35-73)31-46(78-58)18-14-42-16-21-56(75)59(30-42)77-36-57(76)54-33-49-61(53(11-8-28-72)68-34-40(2)74)65-26-7-12-60(65)64(24-5-6-25-64)51(23-27-65)62(49)70-54/h16,21,23,27,30-31,33,39-41,43,45,47-48,50-53,55,57,60-61,68,70,72-76H,3-15,17-20,22,24-26,28-29,32,34-38,66H2,1-2H3,(H3,67,69,71)/t39-,40+,41-,43-,47+,48-,50-,51-,52-,53-,55-,57+,60-,61+,65-/m1/s1. The highest BCUT2D eigenvalue weighted by Gasteiger charge is 2.65. The molecule has 80 heavy (non-hydrogen) atoms. The number of ether oxygens (including phenoxy) is 1. The van der Waals surface area contributed by atoms with Crippen LogP contribution < -0.4 is 26.8 Å². The SMILES string of the molecule is C[C@H](O)CN[C@H](CCCO)[C@@H]1c2cc([C@@H](O)COc3cc(CCc4cc(CO)c(CC[C@H]5CC[C@H]6[C@H]7CSSC[C@@H](N=C(N)NC8CCCC8)[C@H](C)CC[C@H]6[C@H](C5)C[C@H]7N)o4)ccc3O)[nH]c2[C@H]2C=C[C@@]13CCC[C@@H]3C21CCCC1. The van der Waals surface area contributed by atoms with Crippen molar-refractivity contribution in [3.8, 4) is 11.5 Å². The number of nitrogens with one attached hydrogen (secondary N) is 3. The molecule has 9 aliphatic rings. The van der Waals surface area contributed by atoms with E-state index in [0.717, 1.165) is 72.0 Å². The van der Waals surface area contributed by atoms with E-state index in [1.54, 1.807) is 6.07 Å². The van der Waals surface area contributed by atoms with Gasteiger partial charge in [0.1, 0.15) is 24.2 Å². The molecule has 0 radical (unpaired) electrons. The Balaban J connectivity index is 0.721. The van der Waals surface area contributed by atoms with Crippen molar-refractivity contribution in [2.24, 2.45) is 68.7 Å². The Kier molecular flexibility index (Phi) is 19.0. The fraction of sp³-hybridized carbons (Fsp3) is 0.738. The minimum Gasteiger partial charge on any atom is -0.504 e. The van der Waals surface area contributed by atoms with Crippen LogP contribution in [0.25, 0.3) is 0 Å². The molecule has 15 heteroatoms. The van der Waals surface area contributed by atoms with Crippen LogP contribution in [-0.4, -0.2) is 98.0 Å². The molecular formula is C65H98N6O7S2. The van der Waals surface area contributed by atoms with Crippen LogP contribution in [0.15, 0.2) is 51.9 Å². The molecule has 1 aliphatic heterocycles. The van der Waals surface area contributed by atoms with E-state index in [-0.39, 0.29) is 66.4 Å². The van der Waals surface area contributed by atoms with Crippen molar-refractivity contribution < 1.29 is 34.7 Å². The summed E-state index contributed by atoms with van der Waals surface area (Å²) in [5, 5.41) is 61.5. The first-order chi connectivity index (χ1) is 38.9. The van der Waals surface area contributed by atoms with Crippen LogP contribution in [0, 0.1) is 52.3 Å². The van der Waals surface area contributed by atoms with E-state index in [9.17, 15) is 25.5 Å². The summed E-state index contributed by atoms with van der Waals surface area (Å²) in [6.07, 6.45) is 28.9. The second-order valence-corrected chi connectivity index (χ2v) is 29.3. The average Bonchev–Trinajstić information content (AvgIpc) is 4.48. The predicted molar refractivity (Wildman–Crippen MR) is 323 cm³/mol. The zero-order valence-electron chi connectivity index (χ0n) is 48.2. The number of H-pyrrole nitrogens is 1. The zero-order chi connectivity index (χ0) is 55.5. The molecule has 442 valence electrons. The van der Waals surface area contributed by atoms with Gasteiger partial charge in [-0.25, -0.2) is 4.99 Å². The van der Waals surface area contributed by atoms with E-state index in [1.807, 2.05) is 46.7 Å². The van der Waals surface area contributed by atoms with Gasteiger partial charge in [-0.05, 0) is 185 Å². The number of aliphatic hydroxyl groups is 4. The van der Waals surface area contributed by atoms with E-state index >= 15 is 0 Å². The number of aryl methyl sites for hydroxylation is 3. The first-order valence-corrected chi connectivity index (χ1v) is 34.2. The van der Waals surface area contributed by atoms with E-state index in [0.29, 0.717) is 85.0 Å². The molecule has 0 unspecified atom stereocenters. The average molecular weight is 1140 g/mol. The summed E-state index contributed by atoms with van der Waals surface area (Å²) in [5.41, 5.74) is 18.9. The van der Waals surface area contributed by atoms with Gasteiger partial charge in [0.2, 0.25) is 0 Å². The highest BCUT2D eigenvalue weighted by molar-refractivity contribution is 8.76. The normalized spacial score (nSPS) is 33.4. The Morgan fingerprint density at radius 2 is 1.73 bits per heavy atom. The van der Waals surface area contributed by atoms with Gasteiger partial charge in [0.25, 0.3) is 0 Å². The number of furan rings is 1. The Hall–Kier alpha value is -3.15. The third-order valence-electron chi connectivity index (χ3n) is 22.0. The van der Waals surface area contributed by atoms with Gasteiger partial charge < -0.3 is 61.8 Å². The molecule has 12 rings (SSSR count). The van der Waals surface area contributed by atoms with Crippen molar-refractivity contribution in [3.05, 3.63) is 82.1 Å². The number of hydrogen-bond acceptors (Lipinski definition) is 12. The number of aliphatic hydroxyl groups excluding tert-OH is 4. The molecule has 1 saturated heterocycles. The summed E-state index contributed by atoms with van der Waals surface area (Å²) in [6, 6.07) is 10.7. The molecule has 3 aromatic rings. The lowest BCUT2D eigenvalue weighted by Gasteiger charge is -2.53. The number of phenols is 1. The minimum atomic E-state index is -0.961. The Morgan fingerprint density at radius 3 is 2.52 bits per heavy atom. The summed E-state index contributed by atoms with van der Waals surface area (Å²) < 4.78 is 12.9. The number of allylic oxidation sites excluding steroid dienone is 2. The van der Waals surface area contributed by atoms with E-state index in [1.165, 1.54) is 108 Å². The van der Waals surface area contributed by atoms with E-state index in [2.05, 4.69) is 40.8 Å².